The standard InChI is InChI=1S/C18H30N4O3S.HI/c1-19-18(20-10-12-25-13-14-26(2,23)24)21-16-7-6-11-22(15-16)17-8-4-3-5-9-17;/h3-5,8-9,16H,6-7,10-15H2,1-2H3,(H2,19,20,21);1H. The number of hydrogen-bond donors (Lipinski definition) is 2. The van der Waals surface area contributed by atoms with E-state index in [4.69, 9.17) is 4.74 Å². The lowest BCUT2D eigenvalue weighted by Gasteiger charge is -2.35. The van der Waals surface area contributed by atoms with Crippen LogP contribution in [0.3, 0.4) is 0 Å². The molecule has 0 aromatic heterocycles. The summed E-state index contributed by atoms with van der Waals surface area (Å²) in [4.78, 5) is 6.65. The average molecular weight is 510 g/mol. The van der Waals surface area contributed by atoms with Gasteiger partial charge in [0, 0.05) is 44.7 Å². The van der Waals surface area contributed by atoms with Crippen LogP contribution >= 0.6 is 24.0 Å². The summed E-state index contributed by atoms with van der Waals surface area (Å²) < 4.78 is 27.4. The molecule has 0 radical (unpaired) electrons. The molecule has 0 amide bonds. The van der Waals surface area contributed by atoms with Gasteiger partial charge < -0.3 is 20.3 Å². The zero-order chi connectivity index (χ0) is 18.8. The lowest BCUT2D eigenvalue weighted by Crippen LogP contribution is -2.51. The van der Waals surface area contributed by atoms with Crippen LogP contribution in [0.15, 0.2) is 35.3 Å². The van der Waals surface area contributed by atoms with Gasteiger partial charge in [0.1, 0.15) is 9.84 Å². The van der Waals surface area contributed by atoms with Crippen molar-refractivity contribution < 1.29 is 13.2 Å². The third-order valence-electron chi connectivity index (χ3n) is 4.24. The molecule has 2 N–H and O–H groups in total. The van der Waals surface area contributed by atoms with Crippen LogP contribution in [0.5, 0.6) is 0 Å². The lowest BCUT2D eigenvalue weighted by atomic mass is 10.1. The van der Waals surface area contributed by atoms with Gasteiger partial charge in [-0.1, -0.05) is 18.2 Å². The zero-order valence-electron chi connectivity index (χ0n) is 16.1. The molecule has 1 fully saturated rings. The molecule has 27 heavy (non-hydrogen) atoms. The fraction of sp³-hybridized carbons (Fsp3) is 0.611. The Bertz CT molecular complexity index is 670. The summed E-state index contributed by atoms with van der Waals surface area (Å²) in [6.45, 7) is 3.26. The molecule has 0 spiro atoms. The van der Waals surface area contributed by atoms with Gasteiger partial charge in [-0.15, -0.1) is 24.0 Å². The van der Waals surface area contributed by atoms with Crippen molar-refractivity contribution in [2.75, 3.05) is 56.8 Å². The summed E-state index contributed by atoms with van der Waals surface area (Å²) in [7, 11) is -1.22. The summed E-state index contributed by atoms with van der Waals surface area (Å²) in [6, 6.07) is 10.8. The van der Waals surface area contributed by atoms with Gasteiger partial charge in [-0.05, 0) is 25.0 Å². The summed E-state index contributed by atoms with van der Waals surface area (Å²) in [5.74, 6) is 0.800. The largest absolute Gasteiger partial charge is 0.379 e. The number of benzene rings is 1. The van der Waals surface area contributed by atoms with E-state index in [-0.39, 0.29) is 36.3 Å². The van der Waals surface area contributed by atoms with Crippen molar-refractivity contribution in [2.45, 2.75) is 18.9 Å². The number of sulfone groups is 1. The van der Waals surface area contributed by atoms with Crippen LogP contribution in [-0.2, 0) is 14.6 Å². The number of anilines is 1. The van der Waals surface area contributed by atoms with Crippen molar-refractivity contribution in [3.63, 3.8) is 0 Å². The molecule has 1 atom stereocenters. The van der Waals surface area contributed by atoms with E-state index in [9.17, 15) is 8.42 Å². The first-order valence-electron chi connectivity index (χ1n) is 9.00. The van der Waals surface area contributed by atoms with Crippen molar-refractivity contribution in [1.29, 1.82) is 0 Å². The van der Waals surface area contributed by atoms with Crippen molar-refractivity contribution in [2.24, 2.45) is 4.99 Å². The third-order valence-corrected chi connectivity index (χ3v) is 5.15. The second-order valence-corrected chi connectivity index (χ2v) is 8.77. The smallest absolute Gasteiger partial charge is 0.191 e. The molecular formula is C18H31IN4O3S. The molecular weight excluding hydrogens is 479 g/mol. The van der Waals surface area contributed by atoms with Crippen molar-refractivity contribution in [3.05, 3.63) is 30.3 Å². The van der Waals surface area contributed by atoms with E-state index in [1.807, 2.05) is 6.07 Å². The number of halogens is 1. The Morgan fingerprint density at radius 3 is 2.70 bits per heavy atom. The number of aliphatic imine (C=N–C) groups is 1. The Morgan fingerprint density at radius 1 is 1.30 bits per heavy atom. The molecule has 0 saturated carbocycles. The minimum atomic E-state index is -2.97. The first-order valence-corrected chi connectivity index (χ1v) is 11.1. The fourth-order valence-corrected chi connectivity index (χ4v) is 3.33. The molecule has 1 aromatic rings. The van der Waals surface area contributed by atoms with Crippen LogP contribution in [0, 0.1) is 0 Å². The van der Waals surface area contributed by atoms with E-state index in [1.54, 1.807) is 7.05 Å². The number of hydrogen-bond acceptors (Lipinski definition) is 5. The van der Waals surface area contributed by atoms with E-state index in [2.05, 4.69) is 44.8 Å². The molecule has 1 heterocycles. The summed E-state index contributed by atoms with van der Waals surface area (Å²) in [5.41, 5.74) is 1.25. The van der Waals surface area contributed by atoms with Gasteiger partial charge in [0.15, 0.2) is 5.96 Å². The van der Waals surface area contributed by atoms with Crippen LogP contribution in [0.1, 0.15) is 12.8 Å². The topological polar surface area (TPSA) is 83.0 Å². The Balaban J connectivity index is 0.00000364. The second-order valence-electron chi connectivity index (χ2n) is 6.51. The second kappa shape index (κ2) is 12.4. The summed E-state index contributed by atoms with van der Waals surface area (Å²) >= 11 is 0. The van der Waals surface area contributed by atoms with Crippen LogP contribution in [0.25, 0.3) is 0 Å². The Kier molecular flexibility index (Phi) is 11.0. The molecule has 1 saturated heterocycles. The number of ether oxygens (including phenoxy) is 1. The van der Waals surface area contributed by atoms with Gasteiger partial charge in [0.2, 0.25) is 0 Å². The maximum Gasteiger partial charge on any atom is 0.191 e. The number of para-hydroxylation sites is 1. The molecule has 9 heteroatoms. The van der Waals surface area contributed by atoms with E-state index in [1.165, 1.54) is 11.9 Å². The number of nitrogens with one attached hydrogen (secondary N) is 2. The zero-order valence-corrected chi connectivity index (χ0v) is 19.2. The molecule has 154 valence electrons. The normalized spacial score (nSPS) is 17.9. The molecule has 1 aromatic carbocycles. The van der Waals surface area contributed by atoms with Gasteiger partial charge in [-0.3, -0.25) is 4.99 Å². The SMILES string of the molecule is CN=C(NCCOCCS(C)(=O)=O)NC1CCCN(c2ccccc2)C1.I. The first-order chi connectivity index (χ1) is 12.5. The van der Waals surface area contributed by atoms with Crippen LogP contribution in [0.4, 0.5) is 5.69 Å². The summed E-state index contributed by atoms with van der Waals surface area (Å²) in [5, 5.41) is 6.68. The molecule has 2 rings (SSSR count). The fourth-order valence-electron chi connectivity index (χ4n) is 2.91. The average Bonchev–Trinajstić information content (AvgIpc) is 2.63. The Labute approximate surface area is 179 Å². The first kappa shape index (κ1) is 24.0. The quantitative estimate of drug-likeness (QED) is 0.239. The molecule has 1 unspecified atom stereocenters. The van der Waals surface area contributed by atoms with Crippen LogP contribution in [-0.4, -0.2) is 72.3 Å². The Hall–Kier alpha value is -1.07. The van der Waals surface area contributed by atoms with Crippen molar-refractivity contribution >= 4 is 45.5 Å². The highest BCUT2D eigenvalue weighted by atomic mass is 127. The molecule has 1 aliphatic heterocycles. The molecule has 7 nitrogen and oxygen atoms in total. The number of nitrogens with zero attached hydrogens (tertiary/aromatic N) is 2. The minimum absolute atomic E-state index is 0. The monoisotopic (exact) mass is 510 g/mol. The molecule has 0 aliphatic carbocycles. The van der Waals surface area contributed by atoms with Crippen molar-refractivity contribution in [1.82, 2.24) is 10.6 Å². The third kappa shape index (κ3) is 9.61. The van der Waals surface area contributed by atoms with Crippen LogP contribution < -0.4 is 15.5 Å². The predicted molar refractivity (Wildman–Crippen MR) is 122 cm³/mol. The predicted octanol–water partition coefficient (Wildman–Crippen LogP) is 1.50. The van der Waals surface area contributed by atoms with Gasteiger partial charge >= 0.3 is 0 Å². The lowest BCUT2D eigenvalue weighted by molar-refractivity contribution is 0.154. The Morgan fingerprint density at radius 2 is 2.04 bits per heavy atom. The number of rotatable bonds is 8. The van der Waals surface area contributed by atoms with Gasteiger partial charge in [-0.25, -0.2) is 8.42 Å². The van der Waals surface area contributed by atoms with Gasteiger partial charge in [0.25, 0.3) is 0 Å². The van der Waals surface area contributed by atoms with E-state index in [0.717, 1.165) is 31.9 Å². The van der Waals surface area contributed by atoms with E-state index < -0.39 is 9.84 Å². The van der Waals surface area contributed by atoms with E-state index >= 15 is 0 Å². The minimum Gasteiger partial charge on any atom is -0.379 e. The molecule has 0 bridgehead atoms. The highest BCUT2D eigenvalue weighted by Crippen LogP contribution is 2.19. The van der Waals surface area contributed by atoms with Gasteiger partial charge in [-0.2, -0.15) is 0 Å². The number of guanidine groups is 1. The maximum absolute atomic E-state index is 11.0. The van der Waals surface area contributed by atoms with Crippen molar-refractivity contribution in [3.8, 4) is 0 Å². The highest BCUT2D eigenvalue weighted by Gasteiger charge is 2.20. The summed E-state index contributed by atoms with van der Waals surface area (Å²) in [6.07, 6.45) is 3.45. The molecule has 1 aliphatic rings. The van der Waals surface area contributed by atoms with Crippen LogP contribution in [0.2, 0.25) is 0 Å². The highest BCUT2D eigenvalue weighted by molar-refractivity contribution is 14.0. The van der Waals surface area contributed by atoms with E-state index in [0.29, 0.717) is 19.2 Å². The maximum atomic E-state index is 11.0. The number of piperidine rings is 1. The van der Waals surface area contributed by atoms with Gasteiger partial charge in [0.05, 0.1) is 19.0 Å².